The van der Waals surface area contributed by atoms with Crippen molar-refractivity contribution in [2.45, 2.75) is 6.92 Å². The van der Waals surface area contributed by atoms with E-state index in [9.17, 15) is 9.59 Å². The molecule has 106 valence electrons. The number of alkyl carbamates (subject to hydrolysis) is 1. The van der Waals surface area contributed by atoms with Crippen LogP contribution in [0.5, 0.6) is 0 Å². The van der Waals surface area contributed by atoms with E-state index in [4.69, 9.17) is 5.26 Å². The van der Waals surface area contributed by atoms with Gasteiger partial charge in [0.25, 0.3) is 0 Å². The van der Waals surface area contributed by atoms with Gasteiger partial charge in [-0.15, -0.1) is 0 Å². The summed E-state index contributed by atoms with van der Waals surface area (Å²) in [5.74, 6) is 0. The third-order valence-electron chi connectivity index (χ3n) is 1.24. The Kier molecular flexibility index (Phi) is 15.4. The summed E-state index contributed by atoms with van der Waals surface area (Å²) in [4.78, 5) is 21.6. The minimum absolute atomic E-state index is 0.0131. The van der Waals surface area contributed by atoms with Gasteiger partial charge in [-0.05, 0) is 0 Å². The molecule has 7 heteroatoms. The molecular weight excluding hydrogens is 252 g/mol. The molecule has 0 aliphatic rings. The van der Waals surface area contributed by atoms with E-state index >= 15 is 0 Å². The standard InChI is InChI=1S/C10H15NO5.C2H3N/c1-3-6-14-9(12)11-5-8-16-10(13)15-7-4-2;1-2-3/h3-4H,1-2,5-8H2,(H,11,12);1H3. The molecule has 19 heavy (non-hydrogen) atoms. The summed E-state index contributed by atoms with van der Waals surface area (Å²) in [6, 6.07) is 1.75. The highest BCUT2D eigenvalue weighted by atomic mass is 16.7. The molecule has 0 heterocycles. The van der Waals surface area contributed by atoms with E-state index in [-0.39, 0.29) is 26.4 Å². The van der Waals surface area contributed by atoms with Gasteiger partial charge in [0.05, 0.1) is 12.6 Å². The third kappa shape index (κ3) is 18.1. The molecule has 1 N–H and O–H groups in total. The lowest BCUT2D eigenvalue weighted by Gasteiger charge is -2.06. The van der Waals surface area contributed by atoms with Gasteiger partial charge in [0, 0.05) is 6.92 Å². The van der Waals surface area contributed by atoms with Crippen molar-refractivity contribution >= 4 is 12.2 Å². The first kappa shape index (κ1) is 18.9. The molecule has 1 amide bonds. The van der Waals surface area contributed by atoms with Crippen molar-refractivity contribution in [3.05, 3.63) is 25.3 Å². The molecular formula is C12H18N2O5. The van der Waals surface area contributed by atoms with E-state index in [0.717, 1.165) is 0 Å². The Hall–Kier alpha value is -2.49. The van der Waals surface area contributed by atoms with Crippen molar-refractivity contribution < 1.29 is 23.8 Å². The number of carbonyl (C=O) groups is 2. The fourth-order valence-corrected chi connectivity index (χ4v) is 0.642. The number of nitriles is 1. The minimum Gasteiger partial charge on any atom is -0.445 e. The van der Waals surface area contributed by atoms with E-state index < -0.39 is 12.2 Å². The largest absolute Gasteiger partial charge is 0.508 e. The van der Waals surface area contributed by atoms with Crippen LogP contribution >= 0.6 is 0 Å². The molecule has 7 nitrogen and oxygen atoms in total. The second kappa shape index (κ2) is 15.5. The van der Waals surface area contributed by atoms with Gasteiger partial charge in [0.15, 0.2) is 0 Å². The lowest BCUT2D eigenvalue weighted by Crippen LogP contribution is -2.28. The summed E-state index contributed by atoms with van der Waals surface area (Å²) >= 11 is 0. The lowest BCUT2D eigenvalue weighted by molar-refractivity contribution is 0.0633. The fourth-order valence-electron chi connectivity index (χ4n) is 0.642. The summed E-state index contributed by atoms with van der Waals surface area (Å²) in [7, 11) is 0. The third-order valence-corrected chi connectivity index (χ3v) is 1.24. The number of amides is 1. The topological polar surface area (TPSA) is 97.7 Å². The molecule has 0 radical (unpaired) electrons. The second-order valence-electron chi connectivity index (χ2n) is 2.74. The van der Waals surface area contributed by atoms with Crippen molar-refractivity contribution in [1.29, 1.82) is 5.26 Å². The zero-order chi connectivity index (χ0) is 14.9. The minimum atomic E-state index is -0.804. The quantitative estimate of drug-likeness (QED) is 0.430. The van der Waals surface area contributed by atoms with Gasteiger partial charge in [-0.2, -0.15) is 5.26 Å². The van der Waals surface area contributed by atoms with Crippen LogP contribution in [0.3, 0.4) is 0 Å². The molecule has 0 unspecified atom stereocenters. The number of hydrogen-bond donors (Lipinski definition) is 1. The van der Waals surface area contributed by atoms with Crippen LogP contribution in [0.25, 0.3) is 0 Å². The van der Waals surface area contributed by atoms with Crippen LogP contribution in [0.15, 0.2) is 25.3 Å². The number of nitrogens with one attached hydrogen (secondary N) is 1. The van der Waals surface area contributed by atoms with Crippen LogP contribution < -0.4 is 5.32 Å². The summed E-state index contributed by atoms with van der Waals surface area (Å²) in [5.41, 5.74) is 0. The summed E-state index contributed by atoms with van der Waals surface area (Å²) in [6.45, 7) is 8.57. The molecule has 0 fully saturated rings. The van der Waals surface area contributed by atoms with Gasteiger partial charge in [-0.3, -0.25) is 0 Å². The Labute approximate surface area is 112 Å². The second-order valence-corrected chi connectivity index (χ2v) is 2.74. The first-order valence-electron chi connectivity index (χ1n) is 5.35. The van der Waals surface area contributed by atoms with Crippen LogP contribution in [-0.4, -0.2) is 38.6 Å². The van der Waals surface area contributed by atoms with Crippen LogP contribution in [-0.2, 0) is 14.2 Å². The molecule has 0 aliphatic carbocycles. The molecule has 0 aromatic rings. The first-order chi connectivity index (χ1) is 9.12. The molecule has 0 saturated heterocycles. The number of carbonyl (C=O) groups excluding carboxylic acids is 2. The van der Waals surface area contributed by atoms with Gasteiger partial charge >= 0.3 is 12.2 Å². The van der Waals surface area contributed by atoms with Crippen molar-refractivity contribution in [1.82, 2.24) is 5.32 Å². The zero-order valence-electron chi connectivity index (χ0n) is 10.9. The molecule has 0 aromatic heterocycles. The first-order valence-corrected chi connectivity index (χ1v) is 5.35. The number of rotatable bonds is 7. The van der Waals surface area contributed by atoms with Crippen molar-refractivity contribution in [3.8, 4) is 6.07 Å². The fraction of sp³-hybridized carbons (Fsp3) is 0.417. The highest BCUT2D eigenvalue weighted by Gasteiger charge is 2.03. The Morgan fingerprint density at radius 1 is 1.21 bits per heavy atom. The maximum Gasteiger partial charge on any atom is 0.508 e. The average molecular weight is 270 g/mol. The van der Waals surface area contributed by atoms with Crippen LogP contribution in [0.1, 0.15) is 6.92 Å². The number of nitrogens with zero attached hydrogens (tertiary/aromatic N) is 1. The maximum atomic E-state index is 10.9. The predicted octanol–water partition coefficient (Wildman–Crippen LogP) is 1.77. The maximum absolute atomic E-state index is 10.9. The van der Waals surface area contributed by atoms with Crippen molar-refractivity contribution in [2.24, 2.45) is 0 Å². The van der Waals surface area contributed by atoms with Crippen LogP contribution in [0.2, 0.25) is 0 Å². The Bertz CT molecular complexity index is 297. The van der Waals surface area contributed by atoms with Gasteiger partial charge < -0.3 is 19.5 Å². The van der Waals surface area contributed by atoms with Crippen molar-refractivity contribution in [3.63, 3.8) is 0 Å². The highest BCUT2D eigenvalue weighted by Crippen LogP contribution is 1.85. The Balaban J connectivity index is 0. The van der Waals surface area contributed by atoms with Crippen molar-refractivity contribution in [2.75, 3.05) is 26.4 Å². The molecule has 0 aromatic carbocycles. The number of hydrogen-bond acceptors (Lipinski definition) is 6. The smallest absolute Gasteiger partial charge is 0.445 e. The predicted molar refractivity (Wildman–Crippen MR) is 68.3 cm³/mol. The molecule has 0 aliphatic heterocycles. The summed E-state index contributed by atoms with van der Waals surface area (Å²) in [5, 5.41) is 9.69. The molecule has 0 spiro atoms. The zero-order valence-corrected chi connectivity index (χ0v) is 10.9. The van der Waals surface area contributed by atoms with E-state index in [0.29, 0.717) is 0 Å². The number of ether oxygens (including phenoxy) is 3. The van der Waals surface area contributed by atoms with E-state index in [1.807, 2.05) is 0 Å². The van der Waals surface area contributed by atoms with E-state index in [2.05, 4.69) is 32.7 Å². The summed E-state index contributed by atoms with van der Waals surface area (Å²) < 4.78 is 13.7. The molecule has 0 saturated carbocycles. The van der Waals surface area contributed by atoms with Gasteiger partial charge in [0.2, 0.25) is 0 Å². The molecule has 0 atom stereocenters. The van der Waals surface area contributed by atoms with E-state index in [1.165, 1.54) is 19.1 Å². The highest BCUT2D eigenvalue weighted by molar-refractivity contribution is 5.67. The van der Waals surface area contributed by atoms with E-state index in [1.54, 1.807) is 6.07 Å². The monoisotopic (exact) mass is 270 g/mol. The van der Waals surface area contributed by atoms with Gasteiger partial charge in [0.1, 0.15) is 19.8 Å². The Morgan fingerprint density at radius 3 is 2.26 bits per heavy atom. The van der Waals surface area contributed by atoms with Gasteiger partial charge in [-0.25, -0.2) is 9.59 Å². The van der Waals surface area contributed by atoms with Crippen LogP contribution in [0.4, 0.5) is 9.59 Å². The average Bonchev–Trinajstić information content (AvgIpc) is 2.39. The lowest BCUT2D eigenvalue weighted by atomic mass is 10.7. The SMILES string of the molecule is C=CCOC(=O)NCCOC(=O)OCC=C.CC#N. The Morgan fingerprint density at radius 2 is 1.74 bits per heavy atom. The molecule has 0 bridgehead atoms. The molecule has 0 rings (SSSR count). The van der Waals surface area contributed by atoms with Gasteiger partial charge in [-0.1, -0.05) is 25.3 Å². The van der Waals surface area contributed by atoms with Crippen LogP contribution in [0, 0.1) is 11.3 Å². The summed E-state index contributed by atoms with van der Waals surface area (Å²) in [6.07, 6.45) is 1.47. The normalized spacial score (nSPS) is 7.79.